The van der Waals surface area contributed by atoms with Gasteiger partial charge in [0.25, 0.3) is 5.91 Å². The van der Waals surface area contributed by atoms with E-state index in [2.05, 4.69) is 15.2 Å². The maximum atomic E-state index is 12.9. The number of carbonyl (C=O) groups excluding carboxylic acids is 1. The Balaban J connectivity index is 1.54. The second kappa shape index (κ2) is 7.71. The number of benzene rings is 1. The predicted octanol–water partition coefficient (Wildman–Crippen LogP) is 3.81. The molecule has 0 N–H and O–H groups in total. The Kier molecular flexibility index (Phi) is 4.95. The fourth-order valence-corrected chi connectivity index (χ4v) is 3.25. The van der Waals surface area contributed by atoms with Gasteiger partial charge in [-0.15, -0.1) is 0 Å². The van der Waals surface area contributed by atoms with E-state index in [1.54, 1.807) is 36.5 Å². The highest BCUT2D eigenvalue weighted by Gasteiger charge is 2.21. The lowest BCUT2D eigenvalue weighted by Crippen LogP contribution is -2.27. The topological polar surface area (TPSA) is 77.0 Å². The highest BCUT2D eigenvalue weighted by atomic mass is 16.5. The fraction of sp³-hybridized carbons (Fsp3) is 0.182. The van der Waals surface area contributed by atoms with Crippen molar-refractivity contribution < 1.29 is 9.32 Å². The van der Waals surface area contributed by atoms with Gasteiger partial charge in [-0.2, -0.15) is 5.10 Å². The first-order chi connectivity index (χ1) is 14.0. The van der Waals surface area contributed by atoms with E-state index in [0.717, 1.165) is 28.2 Å². The van der Waals surface area contributed by atoms with Crippen LogP contribution in [0.3, 0.4) is 0 Å². The van der Waals surface area contributed by atoms with Crippen LogP contribution in [0.2, 0.25) is 0 Å². The molecule has 0 atom stereocenters. The average molecular weight is 387 g/mol. The van der Waals surface area contributed by atoms with Crippen molar-refractivity contribution in [1.29, 1.82) is 0 Å². The van der Waals surface area contributed by atoms with Crippen molar-refractivity contribution in [2.75, 3.05) is 7.05 Å². The van der Waals surface area contributed by atoms with Crippen LogP contribution in [0.15, 0.2) is 65.4 Å². The first kappa shape index (κ1) is 18.6. The molecule has 0 saturated heterocycles. The molecule has 3 aromatic heterocycles. The Bertz CT molecular complexity index is 1130. The first-order valence-corrected chi connectivity index (χ1v) is 9.27. The number of rotatable bonds is 5. The van der Waals surface area contributed by atoms with Crippen LogP contribution in [0.4, 0.5) is 0 Å². The van der Waals surface area contributed by atoms with Crippen molar-refractivity contribution in [2.45, 2.75) is 20.4 Å². The van der Waals surface area contributed by atoms with Crippen LogP contribution in [-0.4, -0.2) is 37.8 Å². The van der Waals surface area contributed by atoms with E-state index in [1.165, 1.54) is 0 Å². The molecular weight excluding hydrogens is 366 g/mol. The molecule has 7 heteroatoms. The summed E-state index contributed by atoms with van der Waals surface area (Å²) in [5, 5.41) is 8.58. The quantitative estimate of drug-likeness (QED) is 0.520. The number of pyridine rings is 1. The van der Waals surface area contributed by atoms with Crippen molar-refractivity contribution in [2.24, 2.45) is 0 Å². The van der Waals surface area contributed by atoms with Gasteiger partial charge in [-0.25, -0.2) is 4.68 Å². The molecule has 4 rings (SSSR count). The van der Waals surface area contributed by atoms with Crippen molar-refractivity contribution in [1.82, 2.24) is 24.8 Å². The minimum Gasteiger partial charge on any atom is -0.355 e. The lowest BCUT2D eigenvalue weighted by atomic mass is 10.1. The van der Waals surface area contributed by atoms with Crippen LogP contribution in [0, 0.1) is 13.8 Å². The smallest absolute Gasteiger partial charge is 0.276 e. The summed E-state index contributed by atoms with van der Waals surface area (Å²) in [4.78, 5) is 18.5. The summed E-state index contributed by atoms with van der Waals surface area (Å²) in [6.07, 6.45) is 3.35. The van der Waals surface area contributed by atoms with Gasteiger partial charge in [-0.3, -0.25) is 9.78 Å². The van der Waals surface area contributed by atoms with E-state index < -0.39 is 0 Å². The number of aromatic nitrogens is 4. The van der Waals surface area contributed by atoms with Crippen LogP contribution < -0.4 is 0 Å². The van der Waals surface area contributed by atoms with E-state index in [9.17, 15) is 4.79 Å². The summed E-state index contributed by atoms with van der Waals surface area (Å²) in [6.45, 7) is 4.40. The van der Waals surface area contributed by atoms with Crippen molar-refractivity contribution in [3.63, 3.8) is 0 Å². The van der Waals surface area contributed by atoms with Gasteiger partial charge in [0.1, 0.15) is 0 Å². The molecule has 29 heavy (non-hydrogen) atoms. The van der Waals surface area contributed by atoms with Gasteiger partial charge in [0.15, 0.2) is 11.5 Å². The Labute approximate surface area is 168 Å². The van der Waals surface area contributed by atoms with Crippen LogP contribution >= 0.6 is 0 Å². The normalized spacial score (nSPS) is 10.9. The van der Waals surface area contributed by atoms with E-state index in [1.807, 2.05) is 54.9 Å². The Morgan fingerprint density at radius 1 is 1.14 bits per heavy atom. The first-order valence-electron chi connectivity index (χ1n) is 9.27. The highest BCUT2D eigenvalue weighted by Crippen LogP contribution is 2.22. The number of nitrogens with zero attached hydrogens (tertiary/aromatic N) is 5. The molecule has 0 aliphatic heterocycles. The fourth-order valence-electron chi connectivity index (χ4n) is 3.25. The van der Waals surface area contributed by atoms with Gasteiger partial charge in [-0.1, -0.05) is 23.4 Å². The lowest BCUT2D eigenvalue weighted by Gasteiger charge is -2.16. The van der Waals surface area contributed by atoms with Gasteiger partial charge in [0.05, 0.1) is 11.4 Å². The third-order valence-electron chi connectivity index (χ3n) is 4.86. The monoisotopic (exact) mass is 387 g/mol. The minimum absolute atomic E-state index is 0.213. The summed E-state index contributed by atoms with van der Waals surface area (Å²) in [6, 6.07) is 15.2. The molecular formula is C22H21N5O2. The van der Waals surface area contributed by atoms with Gasteiger partial charge in [0, 0.05) is 48.9 Å². The summed E-state index contributed by atoms with van der Waals surface area (Å²) < 4.78 is 7.23. The van der Waals surface area contributed by atoms with Gasteiger partial charge >= 0.3 is 0 Å². The summed E-state index contributed by atoms with van der Waals surface area (Å²) >= 11 is 0. The van der Waals surface area contributed by atoms with Crippen LogP contribution in [0.5, 0.6) is 0 Å². The third kappa shape index (κ3) is 3.67. The number of carbonyl (C=O) groups is 1. The molecule has 146 valence electrons. The van der Waals surface area contributed by atoms with E-state index in [-0.39, 0.29) is 11.6 Å². The highest BCUT2D eigenvalue weighted by molar-refractivity contribution is 5.92. The zero-order valence-corrected chi connectivity index (χ0v) is 16.5. The Morgan fingerprint density at radius 2 is 1.93 bits per heavy atom. The molecule has 0 bridgehead atoms. The predicted molar refractivity (Wildman–Crippen MR) is 109 cm³/mol. The van der Waals surface area contributed by atoms with E-state index >= 15 is 0 Å². The number of hydrogen-bond acceptors (Lipinski definition) is 5. The van der Waals surface area contributed by atoms with E-state index in [4.69, 9.17) is 4.52 Å². The standard InChI is InChI=1S/C22H21N5O2/c1-15-19(16(2)27(24-15)18-9-5-4-6-10-18)14-26(3)22(28)20-12-21(29-25-20)17-8-7-11-23-13-17/h4-13H,14H2,1-3H3. The van der Waals surface area contributed by atoms with Gasteiger partial charge < -0.3 is 9.42 Å². The molecule has 0 spiro atoms. The number of para-hydroxylation sites is 1. The maximum Gasteiger partial charge on any atom is 0.276 e. The summed E-state index contributed by atoms with van der Waals surface area (Å²) in [5.74, 6) is 0.300. The van der Waals surface area contributed by atoms with Crippen LogP contribution in [0.25, 0.3) is 17.0 Å². The molecule has 0 aliphatic rings. The second-order valence-corrected chi connectivity index (χ2v) is 6.88. The summed E-state index contributed by atoms with van der Waals surface area (Å²) in [5.41, 5.74) is 4.94. The zero-order chi connectivity index (χ0) is 20.4. The van der Waals surface area contributed by atoms with Crippen LogP contribution in [0.1, 0.15) is 27.4 Å². The SMILES string of the molecule is Cc1nn(-c2ccccc2)c(C)c1CN(C)C(=O)c1cc(-c2cccnc2)on1. The molecule has 0 saturated carbocycles. The van der Waals surface area contributed by atoms with Gasteiger partial charge in [0.2, 0.25) is 0 Å². The number of aryl methyl sites for hydroxylation is 1. The van der Waals surface area contributed by atoms with Gasteiger partial charge in [-0.05, 0) is 38.1 Å². The third-order valence-corrected chi connectivity index (χ3v) is 4.86. The Morgan fingerprint density at radius 3 is 2.66 bits per heavy atom. The molecule has 7 nitrogen and oxygen atoms in total. The Hall–Kier alpha value is -3.74. The van der Waals surface area contributed by atoms with Crippen molar-refractivity contribution in [3.8, 4) is 17.0 Å². The molecule has 1 amide bonds. The number of hydrogen-bond donors (Lipinski definition) is 0. The molecule has 0 radical (unpaired) electrons. The van der Waals surface area contributed by atoms with E-state index in [0.29, 0.717) is 12.3 Å². The minimum atomic E-state index is -0.213. The van der Waals surface area contributed by atoms with Crippen molar-refractivity contribution in [3.05, 3.63) is 83.6 Å². The maximum absolute atomic E-state index is 12.9. The second-order valence-electron chi connectivity index (χ2n) is 6.88. The number of amides is 1. The molecule has 4 aromatic rings. The molecule has 0 unspecified atom stereocenters. The average Bonchev–Trinajstić information content (AvgIpc) is 3.35. The molecule has 1 aromatic carbocycles. The summed E-state index contributed by atoms with van der Waals surface area (Å²) in [7, 11) is 1.75. The zero-order valence-electron chi connectivity index (χ0n) is 16.5. The molecule has 0 fully saturated rings. The van der Waals surface area contributed by atoms with Crippen molar-refractivity contribution >= 4 is 5.91 Å². The molecule has 0 aliphatic carbocycles. The van der Waals surface area contributed by atoms with Crippen LogP contribution in [-0.2, 0) is 6.54 Å². The largest absolute Gasteiger partial charge is 0.355 e. The molecule has 3 heterocycles. The lowest BCUT2D eigenvalue weighted by molar-refractivity contribution is 0.0774.